The first-order chi connectivity index (χ1) is 6.25. The molecular weight excluding hydrogens is 272 g/mol. The fraction of sp³-hybridized carbons (Fsp3) is 0.0909. The standard InChI is InChI=1S/C11H9ClO.Y/c1-8-5-6-11(13-8)9-3-2-4-10(12)7-9;/h2-7H,1H3;. The second-order valence-corrected chi connectivity index (χ2v) is 3.36. The fourth-order valence-electron chi connectivity index (χ4n) is 1.23. The van der Waals surface area contributed by atoms with Crippen LogP contribution in [0, 0.1) is 6.92 Å². The zero-order valence-electron chi connectivity index (χ0n) is 7.83. The van der Waals surface area contributed by atoms with Crippen molar-refractivity contribution >= 4 is 11.6 Å². The predicted octanol–water partition coefficient (Wildman–Crippen LogP) is 3.91. The van der Waals surface area contributed by atoms with E-state index in [2.05, 4.69) is 0 Å². The van der Waals surface area contributed by atoms with Gasteiger partial charge in [-0.3, -0.25) is 0 Å². The SMILES string of the molecule is Cc1ccc(-c2cccc(Cl)c2)o1.[Y]. The van der Waals surface area contributed by atoms with Gasteiger partial charge < -0.3 is 4.42 Å². The summed E-state index contributed by atoms with van der Waals surface area (Å²) >= 11 is 5.86. The largest absolute Gasteiger partial charge is 0.461 e. The maximum Gasteiger partial charge on any atom is 0.134 e. The van der Waals surface area contributed by atoms with Gasteiger partial charge in [-0.25, -0.2) is 0 Å². The van der Waals surface area contributed by atoms with Crippen LogP contribution >= 0.6 is 11.6 Å². The molecule has 0 spiro atoms. The van der Waals surface area contributed by atoms with Crippen LogP contribution < -0.4 is 0 Å². The van der Waals surface area contributed by atoms with Crippen molar-refractivity contribution in [3.63, 3.8) is 0 Å². The zero-order valence-corrected chi connectivity index (χ0v) is 11.4. The second kappa shape index (κ2) is 5.11. The van der Waals surface area contributed by atoms with E-state index in [0.717, 1.165) is 22.1 Å². The van der Waals surface area contributed by atoms with Crippen LogP contribution in [-0.2, 0) is 32.7 Å². The summed E-state index contributed by atoms with van der Waals surface area (Å²) in [5, 5.41) is 0.728. The average molecular weight is 282 g/mol. The van der Waals surface area contributed by atoms with Crippen LogP contribution in [0.3, 0.4) is 0 Å². The van der Waals surface area contributed by atoms with Crippen molar-refractivity contribution in [2.24, 2.45) is 0 Å². The van der Waals surface area contributed by atoms with E-state index in [9.17, 15) is 0 Å². The van der Waals surface area contributed by atoms with Gasteiger partial charge in [-0.05, 0) is 31.2 Å². The molecule has 0 amide bonds. The van der Waals surface area contributed by atoms with E-state index in [0.29, 0.717) is 0 Å². The molecule has 2 rings (SSSR count). The molecular formula is C11H9ClOY. The van der Waals surface area contributed by atoms with Crippen LogP contribution in [0.25, 0.3) is 11.3 Å². The molecule has 0 unspecified atom stereocenters. The van der Waals surface area contributed by atoms with Crippen molar-refractivity contribution in [3.05, 3.63) is 47.2 Å². The van der Waals surface area contributed by atoms with E-state index in [1.54, 1.807) is 0 Å². The molecule has 0 atom stereocenters. The Kier molecular flexibility index (Phi) is 4.37. The number of aryl methyl sites for hydroxylation is 1. The molecule has 0 fully saturated rings. The molecule has 1 radical (unpaired) electrons. The Balaban J connectivity index is 0.000000980. The first-order valence-corrected chi connectivity index (χ1v) is 4.46. The van der Waals surface area contributed by atoms with Crippen molar-refractivity contribution in [1.82, 2.24) is 0 Å². The van der Waals surface area contributed by atoms with Crippen LogP contribution in [0.4, 0.5) is 0 Å². The molecule has 3 heteroatoms. The third kappa shape index (κ3) is 2.69. The first kappa shape index (κ1) is 12.0. The summed E-state index contributed by atoms with van der Waals surface area (Å²) in [6.07, 6.45) is 0. The van der Waals surface area contributed by atoms with Crippen molar-refractivity contribution in [2.75, 3.05) is 0 Å². The van der Waals surface area contributed by atoms with Gasteiger partial charge in [0.1, 0.15) is 11.5 Å². The third-order valence-corrected chi connectivity index (χ3v) is 2.08. The molecule has 14 heavy (non-hydrogen) atoms. The van der Waals surface area contributed by atoms with Gasteiger partial charge in [-0.15, -0.1) is 0 Å². The molecule has 2 aromatic rings. The molecule has 69 valence electrons. The average Bonchev–Trinajstić information content (AvgIpc) is 2.52. The van der Waals surface area contributed by atoms with Crippen LogP contribution in [0.1, 0.15) is 5.76 Å². The summed E-state index contributed by atoms with van der Waals surface area (Å²) in [4.78, 5) is 0. The van der Waals surface area contributed by atoms with E-state index < -0.39 is 0 Å². The van der Waals surface area contributed by atoms with Gasteiger partial charge >= 0.3 is 0 Å². The summed E-state index contributed by atoms with van der Waals surface area (Å²) in [5.41, 5.74) is 1.01. The number of halogens is 1. The van der Waals surface area contributed by atoms with Crippen molar-refractivity contribution in [1.29, 1.82) is 0 Å². The van der Waals surface area contributed by atoms with Crippen LogP contribution in [0.15, 0.2) is 40.8 Å². The summed E-state index contributed by atoms with van der Waals surface area (Å²) in [6.45, 7) is 1.92. The quantitative estimate of drug-likeness (QED) is 0.772. The first-order valence-electron chi connectivity index (χ1n) is 4.08. The topological polar surface area (TPSA) is 13.1 Å². The number of rotatable bonds is 1. The molecule has 0 N–H and O–H groups in total. The van der Waals surface area contributed by atoms with E-state index in [1.165, 1.54) is 0 Å². The number of hydrogen-bond acceptors (Lipinski definition) is 1. The number of hydrogen-bond donors (Lipinski definition) is 0. The zero-order chi connectivity index (χ0) is 9.26. The molecule has 0 saturated carbocycles. The number of benzene rings is 1. The minimum atomic E-state index is 0. The summed E-state index contributed by atoms with van der Waals surface area (Å²) in [5.74, 6) is 1.77. The molecule has 0 aliphatic heterocycles. The Morgan fingerprint density at radius 2 is 1.93 bits per heavy atom. The van der Waals surface area contributed by atoms with Gasteiger partial charge in [0.2, 0.25) is 0 Å². The van der Waals surface area contributed by atoms with Gasteiger partial charge in [-0.1, -0.05) is 23.7 Å². The fourth-order valence-corrected chi connectivity index (χ4v) is 1.42. The van der Waals surface area contributed by atoms with Gasteiger partial charge in [0.05, 0.1) is 0 Å². The molecule has 1 nitrogen and oxygen atoms in total. The molecule has 0 saturated heterocycles. The maximum atomic E-state index is 5.86. The van der Waals surface area contributed by atoms with E-state index >= 15 is 0 Å². The van der Waals surface area contributed by atoms with E-state index in [4.69, 9.17) is 16.0 Å². The Bertz CT molecular complexity index is 423. The maximum absolute atomic E-state index is 5.86. The molecule has 1 heterocycles. The van der Waals surface area contributed by atoms with Gasteiger partial charge in [0, 0.05) is 43.3 Å². The van der Waals surface area contributed by atoms with Crippen molar-refractivity contribution in [3.8, 4) is 11.3 Å². The Morgan fingerprint density at radius 1 is 1.14 bits per heavy atom. The van der Waals surface area contributed by atoms with Crippen LogP contribution in [-0.4, -0.2) is 0 Å². The smallest absolute Gasteiger partial charge is 0.134 e. The van der Waals surface area contributed by atoms with Gasteiger partial charge in [0.25, 0.3) is 0 Å². The van der Waals surface area contributed by atoms with Crippen molar-refractivity contribution in [2.45, 2.75) is 6.92 Å². The Morgan fingerprint density at radius 3 is 2.50 bits per heavy atom. The van der Waals surface area contributed by atoms with Crippen molar-refractivity contribution < 1.29 is 37.1 Å². The molecule has 1 aromatic heterocycles. The summed E-state index contributed by atoms with van der Waals surface area (Å²) in [6, 6.07) is 11.5. The molecule has 0 aliphatic carbocycles. The molecule has 0 bridgehead atoms. The summed E-state index contributed by atoms with van der Waals surface area (Å²) < 4.78 is 5.47. The van der Waals surface area contributed by atoms with E-state index in [-0.39, 0.29) is 32.7 Å². The van der Waals surface area contributed by atoms with Gasteiger partial charge in [-0.2, -0.15) is 0 Å². The minimum Gasteiger partial charge on any atom is -0.461 e. The third-order valence-electron chi connectivity index (χ3n) is 1.85. The van der Waals surface area contributed by atoms with Crippen LogP contribution in [0.5, 0.6) is 0 Å². The number of furan rings is 1. The van der Waals surface area contributed by atoms with E-state index in [1.807, 2.05) is 43.3 Å². The van der Waals surface area contributed by atoms with Crippen LogP contribution in [0.2, 0.25) is 5.02 Å². The monoisotopic (exact) mass is 281 g/mol. The molecule has 0 aliphatic rings. The minimum absolute atomic E-state index is 0. The summed E-state index contributed by atoms with van der Waals surface area (Å²) in [7, 11) is 0. The predicted molar refractivity (Wildman–Crippen MR) is 53.9 cm³/mol. The molecule has 1 aromatic carbocycles. The Labute approximate surface area is 113 Å². The normalized spacial score (nSPS) is 9.57. The second-order valence-electron chi connectivity index (χ2n) is 2.92. The van der Waals surface area contributed by atoms with Gasteiger partial charge in [0.15, 0.2) is 0 Å². The Hall–Kier alpha value is -0.106.